The van der Waals surface area contributed by atoms with Gasteiger partial charge in [-0.1, -0.05) is 6.07 Å². The lowest BCUT2D eigenvalue weighted by Gasteiger charge is -2.10. The maximum absolute atomic E-state index is 11.6. The Kier molecular flexibility index (Phi) is 3.84. The number of carbonyl (C=O) groups excluding carboxylic acids is 2. The Morgan fingerprint density at radius 2 is 1.95 bits per heavy atom. The summed E-state index contributed by atoms with van der Waals surface area (Å²) in [6, 6.07) is 3.49. The first kappa shape index (κ1) is 13.5. The van der Waals surface area contributed by atoms with Crippen LogP contribution in [0.3, 0.4) is 0 Å². The Morgan fingerprint density at radius 3 is 2.47 bits per heavy atom. The molecule has 19 heavy (non-hydrogen) atoms. The van der Waals surface area contributed by atoms with E-state index in [1.165, 1.54) is 11.3 Å². The largest absolute Gasteiger partial charge is 0.480 e. The van der Waals surface area contributed by atoms with E-state index in [4.69, 9.17) is 5.11 Å². The molecule has 7 heteroatoms. The molecule has 0 saturated heterocycles. The van der Waals surface area contributed by atoms with E-state index in [9.17, 15) is 14.4 Å². The fourth-order valence-corrected chi connectivity index (χ4v) is 2.32. The average Bonchev–Trinajstić information content (AvgIpc) is 3.02. The lowest BCUT2D eigenvalue weighted by atomic mass is 10.1. The molecule has 0 unspecified atom stereocenters. The summed E-state index contributed by atoms with van der Waals surface area (Å²) < 4.78 is 0. The summed E-state index contributed by atoms with van der Waals surface area (Å²) in [5.41, 5.74) is -1.22. The van der Waals surface area contributed by atoms with Crippen molar-refractivity contribution in [3.63, 3.8) is 0 Å². The third-order valence-electron chi connectivity index (χ3n) is 3.04. The second-order valence-electron chi connectivity index (χ2n) is 4.38. The summed E-state index contributed by atoms with van der Waals surface area (Å²) in [6.07, 6.45) is 0.769. The molecule has 102 valence electrons. The van der Waals surface area contributed by atoms with E-state index in [1.807, 2.05) is 0 Å². The van der Waals surface area contributed by atoms with Crippen molar-refractivity contribution >= 4 is 29.1 Å². The molecule has 1 fully saturated rings. The summed E-state index contributed by atoms with van der Waals surface area (Å²) in [6.45, 7) is 0.503. The van der Waals surface area contributed by atoms with Crippen molar-refractivity contribution in [1.29, 1.82) is 0 Å². The van der Waals surface area contributed by atoms with Crippen molar-refractivity contribution in [2.45, 2.75) is 12.8 Å². The molecule has 1 aromatic heterocycles. The maximum atomic E-state index is 11.6. The minimum absolute atomic E-state index is 0.191. The molecule has 1 aromatic rings. The van der Waals surface area contributed by atoms with Crippen molar-refractivity contribution in [3.05, 3.63) is 22.4 Å². The Balaban J connectivity index is 1.69. The van der Waals surface area contributed by atoms with Crippen molar-refractivity contribution < 1.29 is 19.5 Å². The van der Waals surface area contributed by atoms with Gasteiger partial charge in [0, 0.05) is 13.1 Å². The van der Waals surface area contributed by atoms with Gasteiger partial charge in [0.05, 0.1) is 4.88 Å². The summed E-state index contributed by atoms with van der Waals surface area (Å²) in [7, 11) is 0. The molecule has 0 aromatic carbocycles. The van der Waals surface area contributed by atoms with Gasteiger partial charge < -0.3 is 15.7 Å². The highest BCUT2D eigenvalue weighted by Gasteiger charge is 2.56. The molecule has 1 heterocycles. The number of rotatable bonds is 6. The number of hydrogen-bond acceptors (Lipinski definition) is 4. The molecule has 1 saturated carbocycles. The van der Waals surface area contributed by atoms with Gasteiger partial charge in [-0.25, -0.2) is 0 Å². The molecule has 0 aliphatic heterocycles. The number of carbonyl (C=O) groups is 3. The molecular formula is C12H14N2O4S. The molecule has 0 spiro atoms. The second-order valence-corrected chi connectivity index (χ2v) is 5.32. The SMILES string of the molecule is O=C(NCCNC(=O)C1(C(=O)O)CC1)c1cccs1. The fraction of sp³-hybridized carbons (Fsp3) is 0.417. The zero-order valence-corrected chi connectivity index (χ0v) is 11.0. The summed E-state index contributed by atoms with van der Waals surface area (Å²) in [4.78, 5) is 34.7. The van der Waals surface area contributed by atoms with Gasteiger partial charge in [-0.05, 0) is 24.3 Å². The highest BCUT2D eigenvalue weighted by atomic mass is 32.1. The van der Waals surface area contributed by atoms with E-state index >= 15 is 0 Å². The van der Waals surface area contributed by atoms with Crippen LogP contribution in [0.5, 0.6) is 0 Å². The Labute approximate surface area is 113 Å². The number of amides is 2. The Hall–Kier alpha value is -1.89. The standard InChI is InChI=1S/C12H14N2O4S/c15-9(8-2-1-7-19-8)13-5-6-14-10(16)12(3-4-12)11(17)18/h1-2,7H,3-6H2,(H,13,15)(H,14,16)(H,17,18). The van der Waals surface area contributed by atoms with Crippen LogP contribution >= 0.6 is 11.3 Å². The molecule has 0 radical (unpaired) electrons. The number of nitrogens with one attached hydrogen (secondary N) is 2. The minimum Gasteiger partial charge on any atom is -0.480 e. The van der Waals surface area contributed by atoms with Crippen LogP contribution in [0.4, 0.5) is 0 Å². The fourth-order valence-electron chi connectivity index (χ4n) is 1.68. The van der Waals surface area contributed by atoms with Crippen LogP contribution < -0.4 is 10.6 Å². The molecule has 0 atom stereocenters. The lowest BCUT2D eigenvalue weighted by Crippen LogP contribution is -2.41. The molecule has 0 bridgehead atoms. The predicted octanol–water partition coefficient (Wildman–Crippen LogP) is 0.459. The van der Waals surface area contributed by atoms with Crippen LogP contribution in [-0.4, -0.2) is 36.0 Å². The highest BCUT2D eigenvalue weighted by molar-refractivity contribution is 7.12. The van der Waals surface area contributed by atoms with Crippen LogP contribution in [0.2, 0.25) is 0 Å². The molecule has 3 N–H and O–H groups in total. The molecule has 6 nitrogen and oxygen atoms in total. The van der Waals surface area contributed by atoms with Crippen molar-refractivity contribution in [3.8, 4) is 0 Å². The molecule has 2 rings (SSSR count). The van der Waals surface area contributed by atoms with Gasteiger partial charge in [-0.3, -0.25) is 14.4 Å². The average molecular weight is 282 g/mol. The van der Waals surface area contributed by atoms with Gasteiger partial charge in [-0.2, -0.15) is 0 Å². The first-order chi connectivity index (χ1) is 9.06. The van der Waals surface area contributed by atoms with Gasteiger partial charge in [0.25, 0.3) is 5.91 Å². The van der Waals surface area contributed by atoms with Crippen LogP contribution in [0.25, 0.3) is 0 Å². The van der Waals surface area contributed by atoms with Crippen molar-refractivity contribution in [2.24, 2.45) is 5.41 Å². The predicted molar refractivity (Wildman–Crippen MR) is 69.0 cm³/mol. The van der Waals surface area contributed by atoms with Crippen LogP contribution in [-0.2, 0) is 9.59 Å². The molecule has 1 aliphatic carbocycles. The summed E-state index contributed by atoms with van der Waals surface area (Å²) >= 11 is 1.34. The van der Waals surface area contributed by atoms with Crippen LogP contribution in [0.15, 0.2) is 17.5 Å². The number of carboxylic acids is 1. The van der Waals surface area contributed by atoms with E-state index in [0.717, 1.165) is 0 Å². The zero-order chi connectivity index (χ0) is 13.9. The van der Waals surface area contributed by atoms with Gasteiger partial charge in [0.15, 0.2) is 0 Å². The number of hydrogen-bond donors (Lipinski definition) is 3. The van der Waals surface area contributed by atoms with Gasteiger partial charge in [0.1, 0.15) is 5.41 Å². The van der Waals surface area contributed by atoms with Crippen LogP contribution in [0, 0.1) is 5.41 Å². The Morgan fingerprint density at radius 1 is 1.26 bits per heavy atom. The van der Waals surface area contributed by atoms with Crippen molar-refractivity contribution in [1.82, 2.24) is 10.6 Å². The van der Waals surface area contributed by atoms with Crippen LogP contribution in [0.1, 0.15) is 22.5 Å². The molecular weight excluding hydrogens is 268 g/mol. The number of carboxylic acid groups (broad SMARTS) is 1. The normalized spacial score (nSPS) is 15.6. The van der Waals surface area contributed by atoms with E-state index in [0.29, 0.717) is 17.7 Å². The third kappa shape index (κ3) is 2.93. The van der Waals surface area contributed by atoms with Gasteiger partial charge in [-0.15, -0.1) is 11.3 Å². The second kappa shape index (κ2) is 5.40. The summed E-state index contributed by atoms with van der Waals surface area (Å²) in [5.74, 6) is -1.73. The number of thiophene rings is 1. The highest BCUT2D eigenvalue weighted by Crippen LogP contribution is 2.45. The van der Waals surface area contributed by atoms with E-state index < -0.39 is 17.3 Å². The Bertz CT molecular complexity index is 494. The van der Waals surface area contributed by atoms with E-state index in [2.05, 4.69) is 10.6 Å². The minimum atomic E-state index is -1.22. The third-order valence-corrected chi connectivity index (χ3v) is 3.90. The number of aliphatic carboxylic acids is 1. The monoisotopic (exact) mass is 282 g/mol. The smallest absolute Gasteiger partial charge is 0.319 e. The summed E-state index contributed by atoms with van der Waals surface area (Å²) in [5, 5.41) is 15.9. The van der Waals surface area contributed by atoms with Gasteiger partial charge in [0.2, 0.25) is 5.91 Å². The maximum Gasteiger partial charge on any atom is 0.319 e. The first-order valence-electron chi connectivity index (χ1n) is 5.90. The van der Waals surface area contributed by atoms with E-state index in [1.54, 1.807) is 17.5 Å². The quantitative estimate of drug-likeness (QED) is 0.522. The van der Waals surface area contributed by atoms with Crippen molar-refractivity contribution in [2.75, 3.05) is 13.1 Å². The molecule has 2 amide bonds. The topological polar surface area (TPSA) is 95.5 Å². The zero-order valence-electron chi connectivity index (χ0n) is 10.1. The van der Waals surface area contributed by atoms with Gasteiger partial charge >= 0.3 is 5.97 Å². The molecule has 1 aliphatic rings. The first-order valence-corrected chi connectivity index (χ1v) is 6.78. The van der Waals surface area contributed by atoms with E-state index in [-0.39, 0.29) is 19.0 Å². The lowest BCUT2D eigenvalue weighted by molar-refractivity contribution is -0.149.